The quantitative estimate of drug-likeness (QED) is 0.0212. The molecule has 0 rings (SSSR count). The van der Waals surface area contributed by atoms with Crippen molar-refractivity contribution in [1.29, 1.82) is 0 Å². The van der Waals surface area contributed by atoms with Crippen molar-refractivity contribution in [3.8, 4) is 0 Å². The molecule has 0 saturated carbocycles. The Kier molecular flexibility index (Phi) is 60.8. The van der Waals surface area contributed by atoms with Gasteiger partial charge >= 0.3 is 5.97 Å². The van der Waals surface area contributed by atoms with Gasteiger partial charge in [0.1, 0.15) is 19.3 Å². The minimum absolute atomic E-state index is 0.0328. The molecule has 0 radical (unpaired) electrons. The Labute approximate surface area is 524 Å². The van der Waals surface area contributed by atoms with Crippen LogP contribution in [0.1, 0.15) is 290 Å². The minimum Gasteiger partial charge on any atom is -0.756 e. The molecule has 0 saturated heterocycles. The highest BCUT2D eigenvalue weighted by atomic mass is 31.2. The molecular weight excluding hydrogens is 1070 g/mol. The molecule has 0 aromatic rings. The lowest BCUT2D eigenvalue weighted by molar-refractivity contribution is -0.870. The van der Waals surface area contributed by atoms with Gasteiger partial charge in [-0.05, 0) is 122 Å². The van der Waals surface area contributed by atoms with Gasteiger partial charge < -0.3 is 28.5 Å². The molecule has 0 bridgehead atoms. The van der Waals surface area contributed by atoms with Crippen LogP contribution in [-0.4, -0.2) is 69.4 Å². The van der Waals surface area contributed by atoms with Crippen LogP contribution in [0.25, 0.3) is 0 Å². The number of esters is 1. The van der Waals surface area contributed by atoms with E-state index in [1.807, 2.05) is 33.3 Å². The van der Waals surface area contributed by atoms with E-state index in [1.54, 1.807) is 0 Å². The summed E-state index contributed by atoms with van der Waals surface area (Å²) >= 11 is 0. The number of nitrogens with one attached hydrogen (secondary N) is 1. The Hall–Kier alpha value is -3.59. The number of phosphoric ester groups is 1. The highest BCUT2D eigenvalue weighted by Gasteiger charge is 2.27. The zero-order valence-corrected chi connectivity index (χ0v) is 56.7. The number of hydrogen-bond acceptors (Lipinski definition) is 7. The average Bonchev–Trinajstić information content (AvgIpc) is 3.57. The average molecular weight is 1200 g/mol. The number of likely N-dealkylation sites (N-methyl/N-ethyl adjacent to an activating group) is 1. The molecular formula is C75H131N2O7P. The second-order valence-corrected chi connectivity index (χ2v) is 25.7. The van der Waals surface area contributed by atoms with Gasteiger partial charge in [0.05, 0.1) is 33.8 Å². The Morgan fingerprint density at radius 1 is 0.424 bits per heavy atom. The molecule has 0 aliphatic carbocycles. The number of carbonyl (C=O) groups excluding carboxylic acids is 2. The molecule has 10 heteroatoms. The number of amides is 1. The van der Waals surface area contributed by atoms with Crippen molar-refractivity contribution in [2.45, 2.75) is 303 Å². The summed E-state index contributed by atoms with van der Waals surface area (Å²) in [5.74, 6) is -0.570. The Morgan fingerprint density at radius 2 is 0.753 bits per heavy atom. The van der Waals surface area contributed by atoms with Gasteiger partial charge in [-0.15, -0.1) is 0 Å². The van der Waals surface area contributed by atoms with Crippen LogP contribution in [0.2, 0.25) is 0 Å². The van der Waals surface area contributed by atoms with E-state index in [0.29, 0.717) is 17.4 Å². The summed E-state index contributed by atoms with van der Waals surface area (Å²) in [5.41, 5.74) is 0. The highest BCUT2D eigenvalue weighted by molar-refractivity contribution is 7.45. The van der Waals surface area contributed by atoms with Crippen LogP contribution in [0.4, 0.5) is 0 Å². The molecule has 3 atom stereocenters. The summed E-state index contributed by atoms with van der Waals surface area (Å²) in [5, 5.41) is 3.02. The fourth-order valence-corrected chi connectivity index (χ4v) is 10.3. The first-order chi connectivity index (χ1) is 41.4. The summed E-state index contributed by atoms with van der Waals surface area (Å²) < 4.78 is 30.4. The first-order valence-electron chi connectivity index (χ1n) is 34.8. The van der Waals surface area contributed by atoms with E-state index in [9.17, 15) is 19.0 Å². The molecule has 488 valence electrons. The van der Waals surface area contributed by atoms with E-state index in [4.69, 9.17) is 13.8 Å². The monoisotopic (exact) mass is 1200 g/mol. The predicted octanol–water partition coefficient (Wildman–Crippen LogP) is 21.6. The number of nitrogens with zero attached hydrogens (tertiary/aromatic N) is 1. The standard InChI is InChI=1S/C75H131N2O7P/c1-7-10-13-16-19-22-25-27-29-31-33-35-36-37-38-39-40-42-44-46-48-50-53-56-59-62-65-68-75(79)84-73(66-63-60-57-54-51-24-21-18-15-12-9-3)72(71-83-85(80,81)82-70-69-77(4,5)6)76-74(78)67-64-61-58-55-52-49-47-45-43-41-34-32-30-28-26-23-20-17-14-11-8-2/h11,14,19-20,22-23,27-30,33-35,37-38,41,45,47,63,66,72-73H,7-10,12-13,15-18,21,24-26,31-32,36,39-40,42-44,46,48-62,64-65,67-71H2,1-6H3,(H-,76,78,80,81)/b14-11-,22-19-,23-20-,29-27-,30-28-,35-33-,38-37-,41-34-,47-45-,66-63-. The smallest absolute Gasteiger partial charge is 0.306 e. The molecule has 1 amide bonds. The summed E-state index contributed by atoms with van der Waals surface area (Å²) in [4.78, 5) is 40.1. The fourth-order valence-electron chi connectivity index (χ4n) is 9.53. The van der Waals surface area contributed by atoms with Gasteiger partial charge in [0.25, 0.3) is 7.82 Å². The topological polar surface area (TPSA) is 114 Å². The first kappa shape index (κ1) is 81.4. The third-order valence-corrected chi connectivity index (χ3v) is 15.8. The van der Waals surface area contributed by atoms with Crippen LogP contribution in [0, 0.1) is 0 Å². The number of unbranched alkanes of at least 4 members (excludes halogenated alkanes) is 28. The molecule has 85 heavy (non-hydrogen) atoms. The largest absolute Gasteiger partial charge is 0.756 e. The van der Waals surface area contributed by atoms with Gasteiger partial charge in [-0.3, -0.25) is 14.2 Å². The predicted molar refractivity (Wildman–Crippen MR) is 367 cm³/mol. The molecule has 0 aromatic heterocycles. The van der Waals surface area contributed by atoms with Crippen molar-refractivity contribution in [3.05, 3.63) is 122 Å². The Balaban J connectivity index is 5.09. The molecule has 0 aliphatic heterocycles. The normalized spacial score (nSPS) is 14.3. The maximum atomic E-state index is 13.6. The van der Waals surface area contributed by atoms with Crippen LogP contribution < -0.4 is 10.2 Å². The second-order valence-electron chi connectivity index (χ2n) is 24.3. The summed E-state index contributed by atoms with van der Waals surface area (Å²) in [6, 6.07) is -0.909. The van der Waals surface area contributed by atoms with E-state index in [2.05, 4.69) is 135 Å². The zero-order valence-electron chi connectivity index (χ0n) is 55.8. The van der Waals surface area contributed by atoms with Gasteiger partial charge in [-0.2, -0.15) is 0 Å². The third kappa shape index (κ3) is 64.7. The van der Waals surface area contributed by atoms with Gasteiger partial charge in [0, 0.05) is 12.8 Å². The van der Waals surface area contributed by atoms with Crippen LogP contribution in [0.15, 0.2) is 122 Å². The fraction of sp³-hybridized carbons (Fsp3) is 0.707. The lowest BCUT2D eigenvalue weighted by Gasteiger charge is -2.30. The molecule has 0 fully saturated rings. The van der Waals surface area contributed by atoms with Crippen molar-refractivity contribution in [3.63, 3.8) is 0 Å². The molecule has 0 aromatic carbocycles. The number of quaternary nitrogens is 1. The van der Waals surface area contributed by atoms with E-state index >= 15 is 0 Å². The number of carbonyl (C=O) groups is 2. The van der Waals surface area contributed by atoms with E-state index in [0.717, 1.165) is 128 Å². The van der Waals surface area contributed by atoms with Crippen molar-refractivity contribution in [2.75, 3.05) is 40.9 Å². The van der Waals surface area contributed by atoms with Crippen LogP contribution in [0.5, 0.6) is 0 Å². The summed E-state index contributed by atoms with van der Waals surface area (Å²) in [7, 11) is 1.16. The molecule has 3 unspecified atom stereocenters. The molecule has 1 N–H and O–H groups in total. The molecule has 0 spiro atoms. The van der Waals surface area contributed by atoms with E-state index < -0.39 is 26.6 Å². The number of ether oxygens (including phenoxy) is 1. The van der Waals surface area contributed by atoms with E-state index in [-0.39, 0.29) is 31.3 Å². The van der Waals surface area contributed by atoms with Gasteiger partial charge in [-0.25, -0.2) is 0 Å². The minimum atomic E-state index is -4.72. The SMILES string of the molecule is CC/C=C\C/C=C\C/C=C\C/C=C\C/C=C\CCCCCCCC(=O)NC(COP(=O)([O-])OCC[N+](C)(C)C)C(/C=C\CCCCCCCCCCC)OC(=O)CCCCCCCCCCCCC/C=C\C/C=C\C/C=C\C/C=C\CCCCC. The number of allylic oxidation sites excluding steroid dienone is 19. The Morgan fingerprint density at radius 3 is 1.15 bits per heavy atom. The number of rotatable bonds is 62. The van der Waals surface area contributed by atoms with Crippen LogP contribution in [0.3, 0.4) is 0 Å². The van der Waals surface area contributed by atoms with Crippen molar-refractivity contribution in [1.82, 2.24) is 5.32 Å². The molecule has 0 aliphatic rings. The van der Waals surface area contributed by atoms with Gasteiger partial charge in [0.15, 0.2) is 0 Å². The van der Waals surface area contributed by atoms with Crippen LogP contribution in [-0.2, 0) is 27.9 Å². The number of phosphoric acid groups is 1. The highest BCUT2D eigenvalue weighted by Crippen LogP contribution is 2.38. The number of hydrogen-bond donors (Lipinski definition) is 1. The first-order valence-corrected chi connectivity index (χ1v) is 36.3. The zero-order chi connectivity index (χ0) is 62.1. The summed E-state index contributed by atoms with van der Waals surface area (Å²) in [6.07, 6.45) is 88.9. The van der Waals surface area contributed by atoms with E-state index in [1.165, 1.54) is 122 Å². The van der Waals surface area contributed by atoms with Crippen molar-refractivity contribution in [2.24, 2.45) is 0 Å². The van der Waals surface area contributed by atoms with Crippen molar-refractivity contribution < 1.29 is 37.3 Å². The van der Waals surface area contributed by atoms with Crippen molar-refractivity contribution >= 4 is 19.7 Å². The third-order valence-electron chi connectivity index (χ3n) is 14.9. The summed E-state index contributed by atoms with van der Waals surface area (Å²) in [6.45, 7) is 6.68. The Bertz CT molecular complexity index is 1870. The maximum absolute atomic E-state index is 13.6. The maximum Gasteiger partial charge on any atom is 0.306 e. The molecule has 9 nitrogen and oxygen atoms in total. The lowest BCUT2D eigenvalue weighted by Crippen LogP contribution is -2.47. The van der Waals surface area contributed by atoms with Crippen LogP contribution >= 0.6 is 7.82 Å². The van der Waals surface area contributed by atoms with Gasteiger partial charge in [-0.1, -0.05) is 277 Å². The second kappa shape index (κ2) is 63.4. The molecule has 0 heterocycles. The lowest BCUT2D eigenvalue weighted by atomic mass is 10.0. The van der Waals surface area contributed by atoms with Gasteiger partial charge in [0.2, 0.25) is 5.91 Å².